The zero-order valence-corrected chi connectivity index (χ0v) is 10.7. The van der Waals surface area contributed by atoms with E-state index in [4.69, 9.17) is 9.47 Å². The molecule has 2 N–H and O–H groups in total. The van der Waals surface area contributed by atoms with Crippen LogP contribution in [0.25, 0.3) is 0 Å². The zero-order valence-electron chi connectivity index (χ0n) is 10.7. The highest BCUT2D eigenvalue weighted by molar-refractivity contribution is 5.97. The Labute approximate surface area is 106 Å². The van der Waals surface area contributed by atoms with Gasteiger partial charge in [0.25, 0.3) is 5.91 Å². The Morgan fingerprint density at radius 1 is 1.39 bits per heavy atom. The van der Waals surface area contributed by atoms with Crippen LogP contribution in [0.15, 0.2) is 18.2 Å². The van der Waals surface area contributed by atoms with E-state index in [2.05, 4.69) is 10.6 Å². The molecule has 98 valence electrons. The van der Waals surface area contributed by atoms with E-state index >= 15 is 0 Å². The molecule has 0 bridgehead atoms. The summed E-state index contributed by atoms with van der Waals surface area (Å²) in [6, 6.07) is 5.38. The van der Waals surface area contributed by atoms with Crippen LogP contribution >= 0.6 is 0 Å². The molecule has 18 heavy (non-hydrogen) atoms. The van der Waals surface area contributed by atoms with Crippen molar-refractivity contribution in [2.75, 3.05) is 27.3 Å². The van der Waals surface area contributed by atoms with Crippen molar-refractivity contribution in [3.8, 4) is 11.5 Å². The van der Waals surface area contributed by atoms with Crippen molar-refractivity contribution >= 4 is 5.91 Å². The van der Waals surface area contributed by atoms with E-state index in [1.165, 1.54) is 0 Å². The summed E-state index contributed by atoms with van der Waals surface area (Å²) in [6.07, 6.45) is 0.963. The quantitative estimate of drug-likeness (QED) is 0.829. The van der Waals surface area contributed by atoms with Crippen LogP contribution in [0.4, 0.5) is 0 Å². The number of hydrogen-bond donors (Lipinski definition) is 2. The van der Waals surface area contributed by atoms with Gasteiger partial charge in [0.2, 0.25) is 0 Å². The maximum atomic E-state index is 12.1. The van der Waals surface area contributed by atoms with Crippen molar-refractivity contribution in [1.29, 1.82) is 0 Å². The highest BCUT2D eigenvalue weighted by Crippen LogP contribution is 2.24. The zero-order chi connectivity index (χ0) is 13.0. The largest absolute Gasteiger partial charge is 0.497 e. The molecule has 1 heterocycles. The van der Waals surface area contributed by atoms with Crippen LogP contribution in [-0.4, -0.2) is 39.3 Å². The Bertz CT molecular complexity index is 428. The molecule has 0 saturated carbocycles. The highest BCUT2D eigenvalue weighted by atomic mass is 16.5. The van der Waals surface area contributed by atoms with E-state index in [-0.39, 0.29) is 11.9 Å². The third-order valence-electron chi connectivity index (χ3n) is 3.05. The first-order chi connectivity index (χ1) is 8.74. The number of hydrogen-bond acceptors (Lipinski definition) is 4. The number of methoxy groups -OCH3 is 2. The van der Waals surface area contributed by atoms with E-state index in [1.807, 2.05) is 0 Å². The molecule has 1 saturated heterocycles. The molecule has 0 radical (unpaired) electrons. The van der Waals surface area contributed by atoms with Crippen LogP contribution in [0.3, 0.4) is 0 Å². The molecule has 1 amide bonds. The summed E-state index contributed by atoms with van der Waals surface area (Å²) >= 11 is 0. The second-order valence-electron chi connectivity index (χ2n) is 4.23. The minimum atomic E-state index is -0.108. The van der Waals surface area contributed by atoms with Crippen molar-refractivity contribution in [2.24, 2.45) is 0 Å². The van der Waals surface area contributed by atoms with Gasteiger partial charge in [0.05, 0.1) is 19.8 Å². The van der Waals surface area contributed by atoms with Gasteiger partial charge in [-0.3, -0.25) is 4.79 Å². The number of rotatable bonds is 4. The van der Waals surface area contributed by atoms with Crippen LogP contribution < -0.4 is 20.1 Å². The predicted molar refractivity (Wildman–Crippen MR) is 68.3 cm³/mol. The standard InChI is InChI=1S/C13H18N2O3/c1-17-10-3-4-11(12(7-10)18-2)13(16)15-9-5-6-14-8-9/h3-4,7,9,14H,5-6,8H2,1-2H3,(H,15,16)/t9-/m0/s1. The number of carbonyl (C=O) groups excluding carboxylic acids is 1. The summed E-state index contributed by atoms with van der Waals surface area (Å²) in [7, 11) is 3.13. The Morgan fingerprint density at radius 2 is 2.22 bits per heavy atom. The second-order valence-corrected chi connectivity index (χ2v) is 4.23. The van der Waals surface area contributed by atoms with Crippen molar-refractivity contribution in [1.82, 2.24) is 10.6 Å². The van der Waals surface area contributed by atoms with Gasteiger partial charge in [-0.2, -0.15) is 0 Å². The first kappa shape index (κ1) is 12.7. The molecule has 5 heteroatoms. The molecule has 1 atom stereocenters. The van der Waals surface area contributed by atoms with E-state index in [9.17, 15) is 4.79 Å². The molecule has 0 spiro atoms. The second kappa shape index (κ2) is 5.73. The maximum Gasteiger partial charge on any atom is 0.255 e. The number of amides is 1. The van der Waals surface area contributed by atoms with Gasteiger partial charge >= 0.3 is 0 Å². The Kier molecular flexibility index (Phi) is 4.04. The average molecular weight is 250 g/mol. The fourth-order valence-corrected chi connectivity index (χ4v) is 2.03. The SMILES string of the molecule is COc1ccc(C(=O)N[C@H]2CCNC2)c(OC)c1. The Hall–Kier alpha value is -1.75. The van der Waals surface area contributed by atoms with Crippen molar-refractivity contribution in [3.63, 3.8) is 0 Å². The molecule has 0 aliphatic carbocycles. The predicted octanol–water partition coefficient (Wildman–Crippen LogP) is 0.795. The summed E-state index contributed by atoms with van der Waals surface area (Å²) in [6.45, 7) is 1.77. The third kappa shape index (κ3) is 2.73. The van der Waals surface area contributed by atoms with Gasteiger partial charge in [0, 0.05) is 18.7 Å². The van der Waals surface area contributed by atoms with Gasteiger partial charge in [-0.1, -0.05) is 0 Å². The molecule has 0 aromatic heterocycles. The van der Waals surface area contributed by atoms with E-state index in [0.717, 1.165) is 19.5 Å². The number of benzene rings is 1. The minimum absolute atomic E-state index is 0.108. The molecule has 1 aliphatic rings. The van der Waals surface area contributed by atoms with Gasteiger partial charge in [-0.25, -0.2) is 0 Å². The summed E-state index contributed by atoms with van der Waals surface area (Å²) in [5, 5.41) is 6.20. The third-order valence-corrected chi connectivity index (χ3v) is 3.05. The van der Waals surface area contributed by atoms with Gasteiger partial charge in [0.1, 0.15) is 11.5 Å². The lowest BCUT2D eigenvalue weighted by Crippen LogP contribution is -2.36. The van der Waals surface area contributed by atoms with Crippen molar-refractivity contribution in [2.45, 2.75) is 12.5 Å². The van der Waals surface area contributed by atoms with Gasteiger partial charge < -0.3 is 20.1 Å². The summed E-state index contributed by atoms with van der Waals surface area (Å²) in [5.74, 6) is 1.09. The molecule has 1 aliphatic heterocycles. The van der Waals surface area contributed by atoms with Crippen molar-refractivity contribution < 1.29 is 14.3 Å². The molecular weight excluding hydrogens is 232 g/mol. The molecular formula is C13H18N2O3. The van der Waals surface area contributed by atoms with Crippen molar-refractivity contribution in [3.05, 3.63) is 23.8 Å². The van der Waals surface area contributed by atoms with Crippen LogP contribution in [0.1, 0.15) is 16.8 Å². The smallest absolute Gasteiger partial charge is 0.255 e. The number of carbonyl (C=O) groups is 1. The van der Waals surface area contributed by atoms with Crippen LogP contribution in [0.5, 0.6) is 11.5 Å². The molecule has 2 rings (SSSR count). The van der Waals surface area contributed by atoms with Crippen LogP contribution in [-0.2, 0) is 0 Å². The Morgan fingerprint density at radius 3 is 2.83 bits per heavy atom. The van der Waals surface area contributed by atoms with Crippen LogP contribution in [0, 0.1) is 0 Å². The maximum absolute atomic E-state index is 12.1. The van der Waals surface area contributed by atoms with E-state index in [0.29, 0.717) is 17.1 Å². The van der Waals surface area contributed by atoms with Gasteiger partial charge in [-0.15, -0.1) is 0 Å². The summed E-state index contributed by atoms with van der Waals surface area (Å²) in [5.41, 5.74) is 0.533. The molecule has 1 fully saturated rings. The lowest BCUT2D eigenvalue weighted by molar-refractivity contribution is 0.0937. The van der Waals surface area contributed by atoms with Gasteiger partial charge in [0.15, 0.2) is 0 Å². The molecule has 0 unspecified atom stereocenters. The minimum Gasteiger partial charge on any atom is -0.497 e. The topological polar surface area (TPSA) is 59.6 Å². The lowest BCUT2D eigenvalue weighted by atomic mass is 10.1. The van der Waals surface area contributed by atoms with E-state index in [1.54, 1.807) is 32.4 Å². The van der Waals surface area contributed by atoms with Gasteiger partial charge in [-0.05, 0) is 25.1 Å². The summed E-state index contributed by atoms with van der Waals surface area (Å²) in [4.78, 5) is 12.1. The monoisotopic (exact) mass is 250 g/mol. The number of ether oxygens (including phenoxy) is 2. The highest BCUT2D eigenvalue weighted by Gasteiger charge is 2.20. The fraction of sp³-hybridized carbons (Fsp3) is 0.462. The fourth-order valence-electron chi connectivity index (χ4n) is 2.03. The molecule has 5 nitrogen and oxygen atoms in total. The first-order valence-corrected chi connectivity index (χ1v) is 5.98. The lowest BCUT2D eigenvalue weighted by Gasteiger charge is -2.14. The average Bonchev–Trinajstić information content (AvgIpc) is 2.90. The van der Waals surface area contributed by atoms with Crippen LogP contribution in [0.2, 0.25) is 0 Å². The number of nitrogens with one attached hydrogen (secondary N) is 2. The summed E-state index contributed by atoms with van der Waals surface area (Å²) < 4.78 is 10.3. The molecule has 1 aromatic carbocycles. The first-order valence-electron chi connectivity index (χ1n) is 5.98. The van der Waals surface area contributed by atoms with E-state index < -0.39 is 0 Å². The Balaban J connectivity index is 2.13. The molecule has 1 aromatic rings. The normalized spacial score (nSPS) is 18.4.